The van der Waals surface area contributed by atoms with Crippen molar-refractivity contribution in [3.63, 3.8) is 0 Å². The molecule has 2 atom stereocenters. The Bertz CT molecular complexity index is 291. The number of carbonyl (C=O) groups is 1. The molecule has 1 aliphatic heterocycles. The van der Waals surface area contributed by atoms with Gasteiger partial charge >= 0.3 is 0 Å². The third-order valence-electron chi connectivity index (χ3n) is 4.40. The highest BCUT2D eigenvalue weighted by Gasteiger charge is 2.39. The molecule has 19 heavy (non-hydrogen) atoms. The molecule has 0 spiro atoms. The van der Waals surface area contributed by atoms with Gasteiger partial charge in [-0.15, -0.1) is 0 Å². The summed E-state index contributed by atoms with van der Waals surface area (Å²) in [6.45, 7) is 10.3. The molecule has 1 amide bonds. The lowest BCUT2D eigenvalue weighted by Crippen LogP contribution is -2.55. The van der Waals surface area contributed by atoms with Crippen molar-refractivity contribution in [1.82, 2.24) is 10.6 Å². The summed E-state index contributed by atoms with van der Waals surface area (Å²) in [4.78, 5) is 12.7. The molecule has 0 bridgehead atoms. The second-order valence-corrected chi connectivity index (χ2v) is 6.82. The van der Waals surface area contributed by atoms with Crippen molar-refractivity contribution in [3.05, 3.63) is 0 Å². The van der Waals surface area contributed by atoms with Gasteiger partial charge in [0.1, 0.15) is 0 Å². The van der Waals surface area contributed by atoms with E-state index in [-0.39, 0.29) is 29.4 Å². The monoisotopic (exact) mass is 270 g/mol. The molecule has 0 radical (unpaired) electrons. The minimum Gasteiger partial charge on any atom is -0.396 e. The molecule has 4 nitrogen and oxygen atoms in total. The molecule has 112 valence electrons. The van der Waals surface area contributed by atoms with Gasteiger partial charge in [0.25, 0.3) is 0 Å². The number of hydrogen-bond acceptors (Lipinski definition) is 3. The fraction of sp³-hybridized carbons (Fsp3) is 0.933. The highest BCUT2D eigenvalue weighted by Crippen LogP contribution is 2.31. The molecule has 3 N–H and O–H groups in total. The van der Waals surface area contributed by atoms with Crippen molar-refractivity contribution >= 4 is 5.91 Å². The van der Waals surface area contributed by atoms with Crippen LogP contribution in [0.4, 0.5) is 0 Å². The largest absolute Gasteiger partial charge is 0.396 e. The molecular formula is C15H30N2O2. The van der Waals surface area contributed by atoms with Gasteiger partial charge in [0.2, 0.25) is 5.91 Å². The maximum atomic E-state index is 12.7. The smallest absolute Gasteiger partial charge is 0.227 e. The van der Waals surface area contributed by atoms with Crippen LogP contribution in [0.5, 0.6) is 0 Å². The van der Waals surface area contributed by atoms with Gasteiger partial charge in [-0.3, -0.25) is 4.79 Å². The average molecular weight is 270 g/mol. The lowest BCUT2D eigenvalue weighted by molar-refractivity contribution is -0.134. The van der Waals surface area contributed by atoms with Crippen LogP contribution in [0.2, 0.25) is 0 Å². The van der Waals surface area contributed by atoms with Gasteiger partial charge in [-0.2, -0.15) is 0 Å². The van der Waals surface area contributed by atoms with Crippen LogP contribution in [0, 0.1) is 10.8 Å². The topological polar surface area (TPSA) is 61.4 Å². The highest BCUT2D eigenvalue weighted by atomic mass is 16.3. The maximum absolute atomic E-state index is 12.7. The molecule has 0 aliphatic carbocycles. The molecule has 0 aromatic rings. The van der Waals surface area contributed by atoms with Crippen LogP contribution in [0.25, 0.3) is 0 Å². The zero-order valence-corrected chi connectivity index (χ0v) is 12.9. The van der Waals surface area contributed by atoms with E-state index in [9.17, 15) is 9.90 Å². The third kappa shape index (κ3) is 4.18. The summed E-state index contributed by atoms with van der Waals surface area (Å²) < 4.78 is 0. The van der Waals surface area contributed by atoms with E-state index in [4.69, 9.17) is 0 Å². The molecule has 1 rings (SSSR count). The highest BCUT2D eigenvalue weighted by molar-refractivity contribution is 5.83. The third-order valence-corrected chi connectivity index (χ3v) is 4.40. The van der Waals surface area contributed by atoms with Crippen LogP contribution in [-0.2, 0) is 4.79 Å². The second-order valence-electron chi connectivity index (χ2n) is 6.82. The van der Waals surface area contributed by atoms with Crippen molar-refractivity contribution in [2.24, 2.45) is 10.8 Å². The van der Waals surface area contributed by atoms with Gasteiger partial charge in [0, 0.05) is 19.2 Å². The van der Waals surface area contributed by atoms with E-state index in [1.807, 2.05) is 0 Å². The Labute approximate surface area is 117 Å². The average Bonchev–Trinajstić information content (AvgIpc) is 2.37. The van der Waals surface area contributed by atoms with Crippen LogP contribution in [-0.4, -0.2) is 36.8 Å². The number of amides is 1. The summed E-state index contributed by atoms with van der Waals surface area (Å²) in [6, 6.07) is 0.0235. The van der Waals surface area contributed by atoms with E-state index < -0.39 is 0 Å². The Morgan fingerprint density at radius 1 is 1.47 bits per heavy atom. The first kappa shape index (κ1) is 16.4. The molecule has 1 heterocycles. The van der Waals surface area contributed by atoms with Crippen LogP contribution >= 0.6 is 0 Å². The first-order chi connectivity index (χ1) is 8.85. The van der Waals surface area contributed by atoms with Gasteiger partial charge in [0.05, 0.1) is 5.41 Å². The van der Waals surface area contributed by atoms with Crippen LogP contribution in [0.1, 0.15) is 53.4 Å². The molecule has 1 fully saturated rings. The first-order valence-electron chi connectivity index (χ1n) is 7.48. The fourth-order valence-electron chi connectivity index (χ4n) is 2.79. The molecule has 2 unspecified atom stereocenters. The second kappa shape index (κ2) is 6.71. The minimum absolute atomic E-state index is 0.0235. The van der Waals surface area contributed by atoms with Crippen molar-refractivity contribution in [2.45, 2.75) is 59.4 Å². The van der Waals surface area contributed by atoms with E-state index in [1.54, 1.807) is 0 Å². The predicted molar refractivity (Wildman–Crippen MR) is 77.9 cm³/mol. The molecule has 1 saturated heterocycles. The molecule has 4 heteroatoms. The molecular weight excluding hydrogens is 240 g/mol. The maximum Gasteiger partial charge on any atom is 0.227 e. The molecule has 1 aliphatic rings. The van der Waals surface area contributed by atoms with Gasteiger partial charge in [-0.05, 0) is 37.6 Å². The van der Waals surface area contributed by atoms with Gasteiger partial charge < -0.3 is 15.7 Å². The Kier molecular flexibility index (Phi) is 5.81. The minimum atomic E-state index is -0.267. The van der Waals surface area contributed by atoms with Crippen LogP contribution in [0.15, 0.2) is 0 Å². The SMILES string of the molecule is CCC1(C(=O)NC(CCO)C(C)(C)C)CCCNC1. The summed E-state index contributed by atoms with van der Waals surface area (Å²) in [6.07, 6.45) is 3.49. The lowest BCUT2D eigenvalue weighted by atomic mass is 9.76. The summed E-state index contributed by atoms with van der Waals surface area (Å²) >= 11 is 0. The van der Waals surface area contributed by atoms with Gasteiger partial charge in [0.15, 0.2) is 0 Å². The number of carbonyl (C=O) groups excluding carboxylic acids is 1. The van der Waals surface area contributed by atoms with E-state index in [2.05, 4.69) is 38.3 Å². The Hall–Kier alpha value is -0.610. The van der Waals surface area contributed by atoms with Crippen LogP contribution < -0.4 is 10.6 Å². The summed E-state index contributed by atoms with van der Waals surface area (Å²) in [5.74, 6) is 0.149. The number of aliphatic hydroxyl groups is 1. The Morgan fingerprint density at radius 3 is 2.58 bits per heavy atom. The van der Waals surface area contributed by atoms with Crippen LogP contribution in [0.3, 0.4) is 0 Å². The predicted octanol–water partition coefficient (Wildman–Crippen LogP) is 1.68. The zero-order valence-electron chi connectivity index (χ0n) is 12.9. The zero-order chi connectivity index (χ0) is 14.5. The number of rotatable bonds is 5. The number of hydrogen-bond donors (Lipinski definition) is 3. The molecule has 0 saturated carbocycles. The number of piperidine rings is 1. The van der Waals surface area contributed by atoms with Gasteiger partial charge in [-0.1, -0.05) is 27.7 Å². The first-order valence-corrected chi connectivity index (χ1v) is 7.48. The van der Waals surface area contributed by atoms with Crippen molar-refractivity contribution in [1.29, 1.82) is 0 Å². The van der Waals surface area contributed by atoms with Crippen molar-refractivity contribution < 1.29 is 9.90 Å². The van der Waals surface area contributed by atoms with E-state index in [0.717, 1.165) is 32.4 Å². The quantitative estimate of drug-likeness (QED) is 0.712. The van der Waals surface area contributed by atoms with Gasteiger partial charge in [-0.25, -0.2) is 0 Å². The fourth-order valence-corrected chi connectivity index (χ4v) is 2.79. The normalized spacial score (nSPS) is 25.9. The van der Waals surface area contributed by atoms with E-state index >= 15 is 0 Å². The Morgan fingerprint density at radius 2 is 2.16 bits per heavy atom. The van der Waals surface area contributed by atoms with E-state index in [1.165, 1.54) is 0 Å². The molecule has 0 aromatic heterocycles. The summed E-state index contributed by atoms with van der Waals surface area (Å²) in [7, 11) is 0. The number of nitrogens with one attached hydrogen (secondary N) is 2. The molecule has 0 aromatic carbocycles. The van der Waals surface area contributed by atoms with Crippen molar-refractivity contribution in [2.75, 3.05) is 19.7 Å². The number of aliphatic hydroxyl groups excluding tert-OH is 1. The Balaban J connectivity index is 2.74. The summed E-state index contributed by atoms with van der Waals surface area (Å²) in [5, 5.41) is 15.7. The van der Waals surface area contributed by atoms with E-state index in [0.29, 0.717) is 6.42 Å². The summed E-state index contributed by atoms with van der Waals surface area (Å²) in [5.41, 5.74) is -0.299. The lowest BCUT2D eigenvalue weighted by Gasteiger charge is -2.39. The van der Waals surface area contributed by atoms with Crippen molar-refractivity contribution in [3.8, 4) is 0 Å². The standard InChI is InChI=1S/C15H30N2O2/c1-5-15(8-6-9-16-11-15)13(19)17-12(7-10-18)14(2,3)4/h12,16,18H,5-11H2,1-4H3,(H,17,19).